The van der Waals surface area contributed by atoms with Crippen LogP contribution in [0.5, 0.6) is 11.5 Å². The first-order valence-corrected chi connectivity index (χ1v) is 10.4. The van der Waals surface area contributed by atoms with Gasteiger partial charge in [0.15, 0.2) is 11.5 Å². The second-order valence-electron chi connectivity index (χ2n) is 6.29. The third-order valence-electron chi connectivity index (χ3n) is 4.09. The Balaban J connectivity index is 1.62. The Morgan fingerprint density at radius 2 is 2.10 bits per heavy atom. The number of halogens is 1. The maximum Gasteiger partial charge on any atom is 0.311 e. The largest absolute Gasteiger partial charge is 0.493 e. The van der Waals surface area contributed by atoms with E-state index >= 15 is 0 Å². The Morgan fingerprint density at radius 1 is 1.26 bits per heavy atom. The van der Waals surface area contributed by atoms with Gasteiger partial charge in [0.1, 0.15) is 12.4 Å². The van der Waals surface area contributed by atoms with Crippen LogP contribution < -0.4 is 14.9 Å². The highest BCUT2D eigenvalue weighted by Crippen LogP contribution is 2.28. The lowest BCUT2D eigenvalue weighted by molar-refractivity contribution is -0.142. The van der Waals surface area contributed by atoms with Gasteiger partial charge in [0, 0.05) is 10.9 Å². The minimum absolute atomic E-state index is 0.0736. The van der Waals surface area contributed by atoms with Crippen molar-refractivity contribution in [1.29, 1.82) is 0 Å². The number of hydrazone groups is 1. The monoisotopic (exact) mass is 443 g/mol. The van der Waals surface area contributed by atoms with Gasteiger partial charge in [-0.05, 0) is 36.8 Å². The Labute approximate surface area is 183 Å². The molecule has 0 saturated carbocycles. The molecule has 9 heteroatoms. The molecular formula is C22H22FN3O4S. The van der Waals surface area contributed by atoms with Crippen molar-refractivity contribution in [2.24, 2.45) is 5.10 Å². The van der Waals surface area contributed by atoms with Crippen LogP contribution in [0.2, 0.25) is 0 Å². The maximum absolute atomic E-state index is 13.8. The summed E-state index contributed by atoms with van der Waals surface area (Å²) >= 11 is 1.34. The van der Waals surface area contributed by atoms with Gasteiger partial charge in [-0.15, -0.1) is 11.3 Å². The second kappa shape index (κ2) is 11.1. The van der Waals surface area contributed by atoms with E-state index in [1.165, 1.54) is 24.5 Å². The van der Waals surface area contributed by atoms with Gasteiger partial charge in [-0.2, -0.15) is 5.10 Å². The van der Waals surface area contributed by atoms with Gasteiger partial charge in [-0.3, -0.25) is 10.2 Å². The van der Waals surface area contributed by atoms with Gasteiger partial charge in [0.25, 0.3) is 0 Å². The quantitative estimate of drug-likeness (QED) is 0.284. The van der Waals surface area contributed by atoms with E-state index in [0.29, 0.717) is 34.5 Å². The molecule has 7 nitrogen and oxygen atoms in total. The summed E-state index contributed by atoms with van der Waals surface area (Å²) in [7, 11) is 1.54. The van der Waals surface area contributed by atoms with E-state index in [4.69, 9.17) is 14.2 Å². The van der Waals surface area contributed by atoms with Crippen LogP contribution in [0.15, 0.2) is 52.9 Å². The standard InChI is InChI=1S/C22H22FN3O4S/c1-3-29-21(27)11-17-14-31-22(25-17)26-24-12-15-8-9-19(28-2)20(10-15)30-13-16-6-4-5-7-18(16)23/h4-10,12,14H,3,11,13H2,1-2H3,(H,25,26). The lowest BCUT2D eigenvalue weighted by Crippen LogP contribution is -2.07. The fourth-order valence-electron chi connectivity index (χ4n) is 2.62. The number of methoxy groups -OCH3 is 1. The molecule has 0 atom stereocenters. The molecule has 0 spiro atoms. The zero-order chi connectivity index (χ0) is 22.1. The Bertz CT molecular complexity index is 1050. The number of hydrogen-bond acceptors (Lipinski definition) is 8. The molecule has 0 radical (unpaired) electrons. The van der Waals surface area contributed by atoms with Crippen LogP contribution in [0.3, 0.4) is 0 Å². The van der Waals surface area contributed by atoms with E-state index in [9.17, 15) is 9.18 Å². The minimum Gasteiger partial charge on any atom is -0.493 e. The molecule has 0 unspecified atom stereocenters. The predicted octanol–water partition coefficient (Wildman–Crippen LogP) is 4.42. The number of anilines is 1. The van der Waals surface area contributed by atoms with Crippen molar-refractivity contribution in [2.45, 2.75) is 20.0 Å². The summed E-state index contributed by atoms with van der Waals surface area (Å²) in [6.07, 6.45) is 1.72. The van der Waals surface area contributed by atoms with Crippen LogP contribution in [-0.4, -0.2) is 30.9 Å². The SMILES string of the molecule is CCOC(=O)Cc1csc(NN=Cc2ccc(OC)c(OCc3ccccc3F)c2)n1. The molecule has 1 aromatic heterocycles. The number of aromatic nitrogens is 1. The number of hydrogen-bond donors (Lipinski definition) is 1. The van der Waals surface area contributed by atoms with Gasteiger partial charge < -0.3 is 14.2 Å². The molecule has 0 aliphatic rings. The zero-order valence-corrected chi connectivity index (χ0v) is 17.9. The third-order valence-corrected chi connectivity index (χ3v) is 4.88. The molecule has 1 N–H and O–H groups in total. The van der Waals surface area contributed by atoms with Crippen LogP contribution >= 0.6 is 11.3 Å². The number of benzene rings is 2. The number of esters is 1. The molecule has 0 aliphatic heterocycles. The minimum atomic E-state index is -0.325. The van der Waals surface area contributed by atoms with Gasteiger partial charge in [-0.25, -0.2) is 9.37 Å². The molecule has 31 heavy (non-hydrogen) atoms. The second-order valence-corrected chi connectivity index (χ2v) is 7.14. The lowest BCUT2D eigenvalue weighted by atomic mass is 10.2. The number of thiazole rings is 1. The van der Waals surface area contributed by atoms with Crippen molar-refractivity contribution in [2.75, 3.05) is 19.1 Å². The first-order chi connectivity index (χ1) is 15.1. The highest BCUT2D eigenvalue weighted by Gasteiger charge is 2.09. The van der Waals surface area contributed by atoms with Crippen molar-refractivity contribution in [3.05, 3.63) is 70.5 Å². The first-order valence-electron chi connectivity index (χ1n) is 9.52. The van der Waals surface area contributed by atoms with Crippen molar-refractivity contribution < 1.29 is 23.4 Å². The first kappa shape index (κ1) is 22.2. The highest BCUT2D eigenvalue weighted by atomic mass is 32.1. The smallest absolute Gasteiger partial charge is 0.311 e. The van der Waals surface area contributed by atoms with Gasteiger partial charge in [-0.1, -0.05) is 18.2 Å². The molecule has 0 saturated heterocycles. The van der Waals surface area contributed by atoms with Crippen molar-refractivity contribution in [3.8, 4) is 11.5 Å². The van der Waals surface area contributed by atoms with Crippen molar-refractivity contribution in [3.63, 3.8) is 0 Å². The van der Waals surface area contributed by atoms with Crippen LogP contribution in [0.4, 0.5) is 9.52 Å². The topological polar surface area (TPSA) is 82.0 Å². The van der Waals surface area contributed by atoms with Crippen LogP contribution in [-0.2, 0) is 22.6 Å². The van der Waals surface area contributed by atoms with E-state index < -0.39 is 0 Å². The van der Waals surface area contributed by atoms with Crippen LogP contribution in [0, 0.1) is 5.82 Å². The zero-order valence-electron chi connectivity index (χ0n) is 17.1. The Kier molecular flexibility index (Phi) is 7.94. The molecule has 3 rings (SSSR count). The van der Waals surface area contributed by atoms with E-state index in [-0.39, 0.29) is 24.8 Å². The molecule has 3 aromatic rings. The summed E-state index contributed by atoms with van der Waals surface area (Å²) in [6.45, 7) is 2.17. The maximum atomic E-state index is 13.8. The molecule has 0 bridgehead atoms. The number of nitrogens with zero attached hydrogens (tertiary/aromatic N) is 2. The fraction of sp³-hybridized carbons (Fsp3) is 0.227. The number of carbonyl (C=O) groups excluding carboxylic acids is 1. The van der Waals surface area contributed by atoms with Gasteiger partial charge in [0.2, 0.25) is 5.13 Å². The average molecular weight is 444 g/mol. The molecule has 1 heterocycles. The number of nitrogens with one attached hydrogen (secondary N) is 1. The van der Waals surface area contributed by atoms with E-state index in [1.54, 1.807) is 48.9 Å². The molecule has 0 aliphatic carbocycles. The lowest BCUT2D eigenvalue weighted by Gasteiger charge is -2.11. The van der Waals surface area contributed by atoms with Gasteiger partial charge >= 0.3 is 5.97 Å². The third kappa shape index (κ3) is 6.51. The summed E-state index contributed by atoms with van der Waals surface area (Å²) in [5.74, 6) is 0.365. The number of ether oxygens (including phenoxy) is 3. The van der Waals surface area contributed by atoms with Gasteiger partial charge in [0.05, 0.1) is 32.0 Å². The Morgan fingerprint density at radius 3 is 2.87 bits per heavy atom. The molecule has 0 amide bonds. The molecule has 162 valence electrons. The summed E-state index contributed by atoms with van der Waals surface area (Å²) in [4.78, 5) is 15.8. The van der Waals surface area contributed by atoms with Crippen molar-refractivity contribution >= 4 is 28.7 Å². The summed E-state index contributed by atoms with van der Waals surface area (Å²) in [5, 5.41) is 6.50. The number of carbonyl (C=O) groups is 1. The van der Waals surface area contributed by atoms with Crippen LogP contribution in [0.25, 0.3) is 0 Å². The summed E-state index contributed by atoms with van der Waals surface area (Å²) in [6, 6.07) is 11.8. The van der Waals surface area contributed by atoms with Crippen LogP contribution in [0.1, 0.15) is 23.7 Å². The van der Waals surface area contributed by atoms with Crippen molar-refractivity contribution in [1.82, 2.24) is 4.98 Å². The average Bonchev–Trinajstić information content (AvgIpc) is 3.20. The predicted molar refractivity (Wildman–Crippen MR) is 117 cm³/mol. The summed E-state index contributed by atoms with van der Waals surface area (Å²) in [5.41, 5.74) is 4.66. The molecular weight excluding hydrogens is 421 g/mol. The highest BCUT2D eigenvalue weighted by molar-refractivity contribution is 7.13. The number of rotatable bonds is 10. The van der Waals surface area contributed by atoms with E-state index in [2.05, 4.69) is 15.5 Å². The van der Waals surface area contributed by atoms with E-state index in [0.717, 1.165) is 5.56 Å². The summed E-state index contributed by atoms with van der Waals surface area (Å²) < 4.78 is 29.8. The normalized spacial score (nSPS) is 10.8. The fourth-order valence-corrected chi connectivity index (χ4v) is 3.28. The molecule has 2 aromatic carbocycles. The van der Waals surface area contributed by atoms with E-state index in [1.807, 2.05) is 6.07 Å². The molecule has 0 fully saturated rings. The Hall–Kier alpha value is -3.46.